The molecule has 3 heterocycles. The molecule has 1 amide bonds. The van der Waals surface area contributed by atoms with Gasteiger partial charge in [0.15, 0.2) is 4.80 Å². The number of fused-ring (bicyclic) bond motifs is 1. The quantitative estimate of drug-likeness (QED) is 0.499. The van der Waals surface area contributed by atoms with Gasteiger partial charge in [-0.3, -0.25) is 18.8 Å². The molecule has 1 aliphatic rings. The third-order valence-electron chi connectivity index (χ3n) is 5.97. The number of anilines is 1. The van der Waals surface area contributed by atoms with Crippen LogP contribution in [0.15, 0.2) is 87.9 Å². The number of amides is 1. The molecule has 170 valence electrons. The zero-order chi connectivity index (χ0) is 23.8. The smallest absolute Gasteiger partial charge is 0.271 e. The van der Waals surface area contributed by atoms with Crippen molar-refractivity contribution in [3.8, 4) is 0 Å². The Morgan fingerprint density at radius 2 is 1.74 bits per heavy atom. The summed E-state index contributed by atoms with van der Waals surface area (Å²) in [5.74, 6) is -0.279. The summed E-state index contributed by atoms with van der Waals surface area (Å²) in [6.07, 6.45) is 3.59. The Labute approximate surface area is 200 Å². The number of thiazole rings is 1. The maximum atomic E-state index is 13.7. The molecule has 1 aliphatic heterocycles. The Balaban J connectivity index is 1.68. The molecule has 0 fully saturated rings. The van der Waals surface area contributed by atoms with Gasteiger partial charge in [0.25, 0.3) is 11.5 Å². The van der Waals surface area contributed by atoms with Gasteiger partial charge in [-0.1, -0.05) is 59.9 Å². The number of carbonyl (C=O) groups excluding carboxylic acids is 1. The number of para-hydroxylation sites is 1. The van der Waals surface area contributed by atoms with Crippen molar-refractivity contribution in [2.24, 2.45) is 12.0 Å². The molecular weight excluding hydrogens is 446 g/mol. The first kappa shape index (κ1) is 21.8. The SMILES string of the molecule is CC1=C(C(=O)Nc2ccccc2)[C@@H](c2ccccc2)n2c(sc(=Cc3cnn(C)c3C)c2=O)=N1. The second-order valence-corrected chi connectivity index (χ2v) is 9.13. The monoisotopic (exact) mass is 469 g/mol. The Morgan fingerprint density at radius 3 is 2.38 bits per heavy atom. The highest BCUT2D eigenvalue weighted by molar-refractivity contribution is 7.07. The highest BCUT2D eigenvalue weighted by atomic mass is 32.1. The first-order valence-electron chi connectivity index (χ1n) is 10.9. The first-order chi connectivity index (χ1) is 16.4. The fourth-order valence-corrected chi connectivity index (χ4v) is 5.12. The molecule has 0 aliphatic carbocycles. The Kier molecular flexibility index (Phi) is 5.59. The van der Waals surface area contributed by atoms with Crippen molar-refractivity contribution >= 4 is 29.0 Å². The van der Waals surface area contributed by atoms with Gasteiger partial charge in [-0.2, -0.15) is 5.10 Å². The third-order valence-corrected chi connectivity index (χ3v) is 6.96. The molecule has 7 nitrogen and oxygen atoms in total. The van der Waals surface area contributed by atoms with Crippen LogP contribution in [0.5, 0.6) is 0 Å². The summed E-state index contributed by atoms with van der Waals surface area (Å²) >= 11 is 1.32. The molecular formula is C26H23N5O2S. The van der Waals surface area contributed by atoms with E-state index in [4.69, 9.17) is 0 Å². The lowest BCUT2D eigenvalue weighted by Gasteiger charge is -2.25. The van der Waals surface area contributed by atoms with Crippen LogP contribution in [0.25, 0.3) is 6.08 Å². The van der Waals surface area contributed by atoms with Crippen LogP contribution < -0.4 is 20.2 Å². The van der Waals surface area contributed by atoms with Crippen LogP contribution in [0, 0.1) is 6.92 Å². The minimum absolute atomic E-state index is 0.182. The van der Waals surface area contributed by atoms with Crippen molar-refractivity contribution in [2.75, 3.05) is 5.32 Å². The molecule has 5 rings (SSSR count). The number of rotatable bonds is 4. The van der Waals surface area contributed by atoms with Gasteiger partial charge in [0.2, 0.25) is 0 Å². The van der Waals surface area contributed by atoms with E-state index in [1.54, 1.807) is 15.4 Å². The van der Waals surface area contributed by atoms with Crippen molar-refractivity contribution in [3.63, 3.8) is 0 Å². The number of nitrogens with one attached hydrogen (secondary N) is 1. The van der Waals surface area contributed by atoms with Crippen LogP contribution in [-0.4, -0.2) is 20.3 Å². The molecule has 4 aromatic rings. The van der Waals surface area contributed by atoms with Gasteiger partial charge in [-0.15, -0.1) is 0 Å². The summed E-state index contributed by atoms with van der Waals surface area (Å²) in [6, 6.07) is 18.3. The first-order valence-corrected chi connectivity index (χ1v) is 11.7. The van der Waals surface area contributed by atoms with E-state index in [2.05, 4.69) is 15.4 Å². The molecule has 0 radical (unpaired) electrons. The molecule has 1 atom stereocenters. The standard InChI is InChI=1S/C26H23N5O2S/c1-16-22(24(32)29-20-12-8-5-9-13-20)23(18-10-6-4-7-11-18)31-25(33)21(34-26(31)28-16)14-19-15-27-30(3)17(19)2/h4-15,23H,1-3H3,(H,29,32)/t23-/m1/s1. The number of hydrogen-bond acceptors (Lipinski definition) is 5. The topological polar surface area (TPSA) is 81.3 Å². The van der Waals surface area contributed by atoms with Crippen LogP contribution >= 0.6 is 11.3 Å². The Morgan fingerprint density at radius 1 is 1.06 bits per heavy atom. The van der Waals surface area contributed by atoms with E-state index in [1.807, 2.05) is 87.6 Å². The molecule has 2 aromatic carbocycles. The molecule has 0 saturated carbocycles. The van der Waals surface area contributed by atoms with E-state index in [1.165, 1.54) is 11.3 Å². The fraction of sp³-hybridized carbons (Fsp3) is 0.154. The van der Waals surface area contributed by atoms with E-state index in [0.29, 0.717) is 26.3 Å². The summed E-state index contributed by atoms with van der Waals surface area (Å²) in [5.41, 5.74) is 4.23. The summed E-state index contributed by atoms with van der Waals surface area (Å²) in [7, 11) is 1.87. The number of carbonyl (C=O) groups is 1. The van der Waals surface area contributed by atoms with Crippen molar-refractivity contribution in [1.82, 2.24) is 14.3 Å². The van der Waals surface area contributed by atoms with Crippen molar-refractivity contribution in [2.45, 2.75) is 19.9 Å². The van der Waals surface area contributed by atoms with Gasteiger partial charge in [-0.05, 0) is 37.6 Å². The van der Waals surface area contributed by atoms with Gasteiger partial charge in [0.05, 0.1) is 28.0 Å². The van der Waals surface area contributed by atoms with Gasteiger partial charge >= 0.3 is 0 Å². The summed E-state index contributed by atoms with van der Waals surface area (Å²) in [5, 5.41) is 7.23. The van der Waals surface area contributed by atoms with Crippen molar-refractivity contribution in [1.29, 1.82) is 0 Å². The molecule has 2 aromatic heterocycles. The number of aryl methyl sites for hydroxylation is 1. The highest BCUT2D eigenvalue weighted by Crippen LogP contribution is 2.30. The molecule has 0 unspecified atom stereocenters. The largest absolute Gasteiger partial charge is 0.322 e. The van der Waals surface area contributed by atoms with E-state index in [-0.39, 0.29) is 11.5 Å². The van der Waals surface area contributed by atoms with Gasteiger partial charge < -0.3 is 5.32 Å². The predicted molar refractivity (Wildman–Crippen MR) is 133 cm³/mol. The Bertz CT molecular complexity index is 1590. The maximum Gasteiger partial charge on any atom is 0.271 e. The lowest BCUT2D eigenvalue weighted by Crippen LogP contribution is -2.40. The van der Waals surface area contributed by atoms with E-state index in [9.17, 15) is 9.59 Å². The molecule has 0 saturated heterocycles. The van der Waals surface area contributed by atoms with Gasteiger partial charge in [0, 0.05) is 24.0 Å². The molecule has 1 N–H and O–H groups in total. The number of aromatic nitrogens is 3. The maximum absolute atomic E-state index is 13.7. The van der Waals surface area contributed by atoms with Crippen LogP contribution in [0.2, 0.25) is 0 Å². The average molecular weight is 470 g/mol. The van der Waals surface area contributed by atoms with Crippen LogP contribution in [0.1, 0.15) is 29.8 Å². The fourth-order valence-electron chi connectivity index (χ4n) is 4.08. The third kappa shape index (κ3) is 3.82. The minimum Gasteiger partial charge on any atom is -0.322 e. The number of allylic oxidation sites excluding steroid dienone is 1. The average Bonchev–Trinajstić information content (AvgIpc) is 3.32. The lowest BCUT2D eigenvalue weighted by atomic mass is 9.95. The number of benzene rings is 2. The van der Waals surface area contributed by atoms with Crippen molar-refractivity contribution in [3.05, 3.63) is 115 Å². The molecule has 34 heavy (non-hydrogen) atoms. The lowest BCUT2D eigenvalue weighted by molar-refractivity contribution is -0.113. The predicted octanol–water partition coefficient (Wildman–Crippen LogP) is 2.92. The second kappa shape index (κ2) is 8.72. The summed E-state index contributed by atoms with van der Waals surface area (Å²) in [6.45, 7) is 3.77. The zero-order valence-electron chi connectivity index (χ0n) is 19.0. The Hall–Kier alpha value is -4.04. The second-order valence-electron chi connectivity index (χ2n) is 8.12. The van der Waals surface area contributed by atoms with Gasteiger partial charge in [0.1, 0.15) is 0 Å². The van der Waals surface area contributed by atoms with E-state index >= 15 is 0 Å². The highest BCUT2D eigenvalue weighted by Gasteiger charge is 2.32. The number of hydrogen-bond donors (Lipinski definition) is 1. The summed E-state index contributed by atoms with van der Waals surface area (Å²) in [4.78, 5) is 32.4. The number of nitrogens with zero attached hydrogens (tertiary/aromatic N) is 4. The molecule has 8 heteroatoms. The van der Waals surface area contributed by atoms with Crippen molar-refractivity contribution < 1.29 is 4.79 Å². The zero-order valence-corrected chi connectivity index (χ0v) is 19.8. The van der Waals surface area contributed by atoms with Crippen LogP contribution in [0.4, 0.5) is 5.69 Å². The van der Waals surface area contributed by atoms with Crippen LogP contribution in [0.3, 0.4) is 0 Å². The minimum atomic E-state index is -0.585. The van der Waals surface area contributed by atoms with Crippen LogP contribution in [-0.2, 0) is 11.8 Å². The van der Waals surface area contributed by atoms with E-state index in [0.717, 1.165) is 16.8 Å². The van der Waals surface area contributed by atoms with Gasteiger partial charge in [-0.25, -0.2) is 4.99 Å². The molecule has 0 bridgehead atoms. The normalized spacial score (nSPS) is 15.7. The summed E-state index contributed by atoms with van der Waals surface area (Å²) < 4.78 is 3.95. The van der Waals surface area contributed by atoms with E-state index < -0.39 is 6.04 Å². The molecule has 0 spiro atoms.